The quantitative estimate of drug-likeness (QED) is 0.761. The fraction of sp³-hybridized carbons (Fsp3) is 0.333. The van der Waals surface area contributed by atoms with E-state index in [0.717, 1.165) is 23.8 Å². The van der Waals surface area contributed by atoms with Crippen LogP contribution < -0.4 is 5.73 Å². The second kappa shape index (κ2) is 4.35. The molecule has 3 nitrogen and oxygen atoms in total. The van der Waals surface area contributed by atoms with Crippen molar-refractivity contribution in [1.29, 1.82) is 0 Å². The third-order valence-electron chi connectivity index (χ3n) is 3.84. The van der Waals surface area contributed by atoms with E-state index in [1.165, 1.54) is 16.5 Å². The second-order valence-electron chi connectivity index (χ2n) is 4.90. The van der Waals surface area contributed by atoms with Crippen LogP contribution in [0.5, 0.6) is 0 Å². The number of hydrogen-bond donors (Lipinski definition) is 3. The molecule has 0 saturated heterocycles. The Balaban J connectivity index is 2.20. The minimum absolute atomic E-state index is 0.0596. The van der Waals surface area contributed by atoms with Gasteiger partial charge in [0.05, 0.1) is 6.10 Å². The summed E-state index contributed by atoms with van der Waals surface area (Å²) in [6, 6.07) is 10.1. The molecule has 0 spiro atoms. The lowest BCUT2D eigenvalue weighted by atomic mass is 9.94. The first-order chi connectivity index (χ1) is 8.72. The predicted molar refractivity (Wildman–Crippen MR) is 71.4 cm³/mol. The lowest BCUT2D eigenvalue weighted by Crippen LogP contribution is -2.27. The Kier molecular flexibility index (Phi) is 2.82. The highest BCUT2D eigenvalue weighted by Gasteiger charge is 2.22. The molecule has 4 N–H and O–H groups in total. The molecule has 0 heterocycles. The van der Waals surface area contributed by atoms with Crippen LogP contribution in [0.4, 0.5) is 0 Å². The molecule has 3 heteroatoms. The van der Waals surface area contributed by atoms with Crippen LogP contribution in [0, 0.1) is 0 Å². The molecule has 1 aliphatic carbocycles. The van der Waals surface area contributed by atoms with Crippen molar-refractivity contribution in [3.8, 4) is 0 Å². The summed E-state index contributed by atoms with van der Waals surface area (Å²) in [5.74, 6) is 0. The molecule has 3 rings (SSSR count). The van der Waals surface area contributed by atoms with Gasteiger partial charge in [0.25, 0.3) is 0 Å². The zero-order valence-electron chi connectivity index (χ0n) is 10.1. The maximum absolute atomic E-state index is 10.2. The van der Waals surface area contributed by atoms with E-state index in [1.807, 2.05) is 18.2 Å². The fourth-order valence-corrected chi connectivity index (χ4v) is 2.86. The van der Waals surface area contributed by atoms with Crippen molar-refractivity contribution in [1.82, 2.24) is 0 Å². The molecule has 2 aromatic rings. The Morgan fingerprint density at radius 3 is 2.50 bits per heavy atom. The molecular weight excluding hydrogens is 226 g/mol. The van der Waals surface area contributed by atoms with Crippen molar-refractivity contribution in [2.45, 2.75) is 25.0 Å². The highest BCUT2D eigenvalue weighted by atomic mass is 16.3. The normalized spacial score (nSPS) is 17.1. The Labute approximate surface area is 106 Å². The average molecular weight is 243 g/mol. The monoisotopic (exact) mass is 243 g/mol. The van der Waals surface area contributed by atoms with Crippen LogP contribution in [0.2, 0.25) is 0 Å². The Morgan fingerprint density at radius 2 is 1.78 bits per heavy atom. The van der Waals surface area contributed by atoms with Gasteiger partial charge >= 0.3 is 0 Å². The summed E-state index contributed by atoms with van der Waals surface area (Å²) in [4.78, 5) is 0. The lowest BCUT2D eigenvalue weighted by Gasteiger charge is -2.19. The van der Waals surface area contributed by atoms with Crippen molar-refractivity contribution < 1.29 is 10.2 Å². The van der Waals surface area contributed by atoms with Gasteiger partial charge in [0, 0.05) is 6.54 Å². The molecule has 2 atom stereocenters. The molecule has 0 aliphatic heterocycles. The Hall–Kier alpha value is -1.42. The largest absolute Gasteiger partial charge is 0.389 e. The highest BCUT2D eigenvalue weighted by molar-refractivity contribution is 5.93. The molecule has 0 saturated carbocycles. The average Bonchev–Trinajstić information content (AvgIpc) is 2.83. The maximum Gasteiger partial charge on any atom is 0.107 e. The van der Waals surface area contributed by atoms with Gasteiger partial charge < -0.3 is 15.9 Å². The van der Waals surface area contributed by atoms with E-state index >= 15 is 0 Å². The number of aliphatic hydroxyl groups is 2. The van der Waals surface area contributed by atoms with Gasteiger partial charge in [-0.25, -0.2) is 0 Å². The standard InChI is InChI=1S/C15H17NO2/c16-8-13(17)15(18)12-7-6-10-5-4-9-2-1-3-11(12)14(9)10/h1-3,6-7,13,15,17-18H,4-5,8,16H2. The van der Waals surface area contributed by atoms with Crippen LogP contribution in [0.1, 0.15) is 22.8 Å². The summed E-state index contributed by atoms with van der Waals surface area (Å²) < 4.78 is 0. The van der Waals surface area contributed by atoms with E-state index in [0.29, 0.717) is 0 Å². The molecule has 0 bridgehead atoms. The number of rotatable bonds is 3. The van der Waals surface area contributed by atoms with E-state index in [1.54, 1.807) is 0 Å². The molecule has 1 aliphatic rings. The molecule has 0 amide bonds. The van der Waals surface area contributed by atoms with E-state index in [-0.39, 0.29) is 6.54 Å². The summed E-state index contributed by atoms with van der Waals surface area (Å²) >= 11 is 0. The second-order valence-corrected chi connectivity index (χ2v) is 4.90. The van der Waals surface area contributed by atoms with Gasteiger partial charge in [-0.2, -0.15) is 0 Å². The summed E-state index contributed by atoms with van der Waals surface area (Å²) in [6.07, 6.45) is 0.292. The lowest BCUT2D eigenvalue weighted by molar-refractivity contribution is 0.0252. The van der Waals surface area contributed by atoms with Crippen molar-refractivity contribution >= 4 is 10.8 Å². The van der Waals surface area contributed by atoms with Gasteiger partial charge in [-0.05, 0) is 40.3 Å². The zero-order valence-corrected chi connectivity index (χ0v) is 10.1. The van der Waals surface area contributed by atoms with Crippen molar-refractivity contribution in [3.05, 3.63) is 47.0 Å². The molecule has 0 aromatic heterocycles. The first-order valence-electron chi connectivity index (χ1n) is 6.32. The highest BCUT2D eigenvalue weighted by Crippen LogP contribution is 2.35. The predicted octanol–water partition coefficient (Wildman–Crippen LogP) is 1.29. The van der Waals surface area contributed by atoms with E-state index < -0.39 is 12.2 Å². The van der Waals surface area contributed by atoms with Gasteiger partial charge in [0.1, 0.15) is 6.10 Å². The van der Waals surface area contributed by atoms with Crippen molar-refractivity contribution in [2.24, 2.45) is 5.73 Å². The molecular formula is C15H17NO2. The number of benzene rings is 2. The van der Waals surface area contributed by atoms with Gasteiger partial charge in [0.15, 0.2) is 0 Å². The minimum atomic E-state index is -0.917. The maximum atomic E-state index is 10.2. The third-order valence-corrected chi connectivity index (χ3v) is 3.84. The van der Waals surface area contributed by atoms with Crippen molar-refractivity contribution in [3.63, 3.8) is 0 Å². The van der Waals surface area contributed by atoms with Crippen LogP contribution in [0.15, 0.2) is 30.3 Å². The van der Waals surface area contributed by atoms with Crippen molar-refractivity contribution in [2.75, 3.05) is 6.54 Å². The topological polar surface area (TPSA) is 66.5 Å². The molecule has 18 heavy (non-hydrogen) atoms. The van der Waals surface area contributed by atoms with Crippen LogP contribution in [0.25, 0.3) is 10.8 Å². The first-order valence-corrected chi connectivity index (χ1v) is 6.32. The van der Waals surface area contributed by atoms with Crippen LogP contribution in [-0.2, 0) is 12.8 Å². The summed E-state index contributed by atoms with van der Waals surface area (Å²) in [5, 5.41) is 22.2. The Morgan fingerprint density at radius 1 is 1.06 bits per heavy atom. The molecule has 2 unspecified atom stereocenters. The van der Waals surface area contributed by atoms with Crippen LogP contribution >= 0.6 is 0 Å². The van der Waals surface area contributed by atoms with Crippen LogP contribution in [0.3, 0.4) is 0 Å². The first kappa shape index (κ1) is 11.7. The molecule has 0 radical (unpaired) electrons. The smallest absolute Gasteiger partial charge is 0.107 e. The molecule has 2 aromatic carbocycles. The third kappa shape index (κ3) is 1.63. The number of aliphatic hydroxyl groups excluding tert-OH is 2. The molecule has 0 fully saturated rings. The number of hydrogen-bond acceptors (Lipinski definition) is 3. The SMILES string of the molecule is NCC(O)C(O)c1ccc2c3c(cccc13)CC2. The van der Waals surface area contributed by atoms with E-state index in [9.17, 15) is 10.2 Å². The van der Waals surface area contributed by atoms with Gasteiger partial charge in [-0.15, -0.1) is 0 Å². The van der Waals surface area contributed by atoms with Gasteiger partial charge in [-0.3, -0.25) is 0 Å². The van der Waals surface area contributed by atoms with Crippen LogP contribution in [-0.4, -0.2) is 22.9 Å². The zero-order chi connectivity index (χ0) is 12.7. The van der Waals surface area contributed by atoms with E-state index in [4.69, 9.17) is 5.73 Å². The van der Waals surface area contributed by atoms with Gasteiger partial charge in [-0.1, -0.05) is 30.3 Å². The summed E-state index contributed by atoms with van der Waals surface area (Å²) in [7, 11) is 0. The van der Waals surface area contributed by atoms with E-state index in [2.05, 4.69) is 12.1 Å². The number of nitrogens with two attached hydrogens (primary N) is 1. The molecule has 94 valence electrons. The van der Waals surface area contributed by atoms with Gasteiger partial charge in [0.2, 0.25) is 0 Å². The number of aryl methyl sites for hydroxylation is 2. The minimum Gasteiger partial charge on any atom is -0.389 e. The fourth-order valence-electron chi connectivity index (χ4n) is 2.86. The Bertz CT molecular complexity index is 584. The summed E-state index contributed by atoms with van der Waals surface area (Å²) in [6.45, 7) is 0.0596. The summed E-state index contributed by atoms with van der Waals surface area (Å²) in [5.41, 5.74) is 8.85.